The van der Waals surface area contributed by atoms with Crippen LogP contribution in [0, 0.1) is 0 Å². The molecule has 1 N–H and O–H groups in total. The van der Waals surface area contributed by atoms with Crippen molar-refractivity contribution >= 4 is 29.1 Å². The molecule has 0 aliphatic carbocycles. The summed E-state index contributed by atoms with van der Waals surface area (Å²) >= 11 is 0. The number of oxazole rings is 1. The van der Waals surface area contributed by atoms with Crippen molar-refractivity contribution < 1.29 is 14.0 Å². The Balaban J connectivity index is 1.40. The van der Waals surface area contributed by atoms with Crippen LogP contribution in [0.4, 0.5) is 17.3 Å². The molecule has 5 rings (SSSR count). The van der Waals surface area contributed by atoms with Crippen molar-refractivity contribution in [2.45, 2.75) is 13.0 Å². The number of hydrogen-bond acceptors (Lipinski definition) is 6. The monoisotopic (exact) mass is 378 g/mol. The van der Waals surface area contributed by atoms with Crippen molar-refractivity contribution in [2.75, 3.05) is 30.4 Å². The van der Waals surface area contributed by atoms with Gasteiger partial charge in [-0.1, -0.05) is 0 Å². The summed E-state index contributed by atoms with van der Waals surface area (Å²) in [6.45, 7) is 2.22. The van der Waals surface area contributed by atoms with Crippen molar-refractivity contribution in [3.8, 4) is 0 Å². The number of aromatic nitrogens is 3. The molecule has 0 fully saturated rings. The van der Waals surface area contributed by atoms with E-state index >= 15 is 0 Å². The molecule has 0 bridgehead atoms. The van der Waals surface area contributed by atoms with Gasteiger partial charge in [0, 0.05) is 37.5 Å². The average Bonchev–Trinajstić information content (AvgIpc) is 3.41. The summed E-state index contributed by atoms with van der Waals surface area (Å²) in [6, 6.07) is 7.77. The van der Waals surface area contributed by atoms with Crippen molar-refractivity contribution in [3.63, 3.8) is 0 Å². The number of carbonyl (C=O) groups excluding carboxylic acids is 2. The number of amides is 2. The second-order valence-corrected chi connectivity index (χ2v) is 6.90. The smallest absolute Gasteiger partial charge is 0.294 e. The highest BCUT2D eigenvalue weighted by Gasteiger charge is 2.27. The van der Waals surface area contributed by atoms with Gasteiger partial charge in [-0.2, -0.15) is 5.10 Å². The van der Waals surface area contributed by atoms with Crippen LogP contribution in [-0.4, -0.2) is 51.6 Å². The van der Waals surface area contributed by atoms with Gasteiger partial charge in [0.1, 0.15) is 5.82 Å². The molecule has 1 aromatic carbocycles. The summed E-state index contributed by atoms with van der Waals surface area (Å²) in [5, 5.41) is 7.17. The van der Waals surface area contributed by atoms with E-state index in [1.54, 1.807) is 4.90 Å². The Morgan fingerprint density at radius 2 is 2.11 bits per heavy atom. The number of nitrogens with zero attached hydrogens (tertiary/aromatic N) is 5. The zero-order chi connectivity index (χ0) is 19.3. The van der Waals surface area contributed by atoms with Crippen LogP contribution in [0.3, 0.4) is 0 Å². The lowest BCUT2D eigenvalue weighted by molar-refractivity contribution is 0.0780. The van der Waals surface area contributed by atoms with E-state index in [0.29, 0.717) is 12.4 Å². The highest BCUT2D eigenvalue weighted by Crippen LogP contribution is 2.34. The maximum Gasteiger partial charge on any atom is 0.294 e. The number of fused-ring (bicyclic) bond motifs is 2. The van der Waals surface area contributed by atoms with Gasteiger partial charge in [-0.25, -0.2) is 9.67 Å². The van der Waals surface area contributed by atoms with Crippen molar-refractivity contribution in [3.05, 3.63) is 53.7 Å². The van der Waals surface area contributed by atoms with Gasteiger partial charge in [0.2, 0.25) is 5.76 Å². The Morgan fingerprint density at radius 3 is 2.93 bits per heavy atom. The fourth-order valence-electron chi connectivity index (χ4n) is 3.69. The molecule has 9 heteroatoms. The predicted molar refractivity (Wildman–Crippen MR) is 101 cm³/mol. The minimum atomic E-state index is -0.391. The predicted octanol–water partition coefficient (Wildman–Crippen LogP) is 1.90. The fraction of sp³-hybridized carbons (Fsp3) is 0.263. The van der Waals surface area contributed by atoms with E-state index in [-0.39, 0.29) is 11.7 Å². The van der Waals surface area contributed by atoms with Crippen LogP contribution in [0.15, 0.2) is 41.3 Å². The Kier molecular flexibility index (Phi) is 3.68. The summed E-state index contributed by atoms with van der Waals surface area (Å²) in [5.41, 5.74) is 2.85. The third-order valence-corrected chi connectivity index (χ3v) is 5.16. The number of likely N-dealkylation sites (N-methyl/N-ethyl adjacent to an activating group) is 1. The van der Waals surface area contributed by atoms with Crippen molar-refractivity contribution in [2.24, 2.45) is 0 Å². The maximum atomic E-state index is 12.3. The second-order valence-electron chi connectivity index (χ2n) is 6.90. The molecule has 4 heterocycles. The summed E-state index contributed by atoms with van der Waals surface area (Å²) in [6.07, 6.45) is 3.41. The molecule has 9 nitrogen and oxygen atoms in total. The number of carbonyl (C=O) groups is 2. The molecule has 0 unspecified atom stereocenters. The van der Waals surface area contributed by atoms with E-state index in [9.17, 15) is 9.59 Å². The highest BCUT2D eigenvalue weighted by molar-refractivity contribution is 6.01. The number of benzene rings is 1. The Labute approximate surface area is 160 Å². The molecule has 0 atom stereocenters. The van der Waals surface area contributed by atoms with Gasteiger partial charge in [-0.3, -0.25) is 9.59 Å². The standard InChI is InChI=1S/C19H18N6O3/c1-23-5-4-12-8-13(2-3-14(12)19(23)27)24-6-7-25-17(24)9-16(22-25)21-18(26)15-10-20-11-28-15/h2-3,8-11H,4-7H2,1H3,(H,21,22,26). The number of hydrogen-bond donors (Lipinski definition) is 1. The molecule has 142 valence electrons. The molecule has 2 aliphatic rings. The minimum absolute atomic E-state index is 0.0664. The molecule has 2 aromatic heterocycles. The normalized spacial score (nSPS) is 15.5. The van der Waals surface area contributed by atoms with Crippen LogP contribution in [0.2, 0.25) is 0 Å². The minimum Gasteiger partial charge on any atom is -0.438 e. The molecular weight excluding hydrogens is 360 g/mol. The van der Waals surface area contributed by atoms with Crippen LogP contribution in [0.1, 0.15) is 26.5 Å². The lowest BCUT2D eigenvalue weighted by Crippen LogP contribution is -2.34. The van der Waals surface area contributed by atoms with E-state index in [4.69, 9.17) is 4.42 Å². The molecule has 0 radical (unpaired) electrons. The largest absolute Gasteiger partial charge is 0.438 e. The molecule has 2 aliphatic heterocycles. The van der Waals surface area contributed by atoms with Gasteiger partial charge in [-0.15, -0.1) is 0 Å². The third kappa shape index (κ3) is 2.63. The van der Waals surface area contributed by atoms with Gasteiger partial charge >= 0.3 is 0 Å². The SMILES string of the molecule is CN1CCc2cc(N3CCn4nc(NC(=O)c5cnco5)cc43)ccc2C1=O. The lowest BCUT2D eigenvalue weighted by atomic mass is 9.98. The van der Waals surface area contributed by atoms with Gasteiger partial charge in [-0.05, 0) is 30.2 Å². The topological polar surface area (TPSA) is 96.5 Å². The average molecular weight is 378 g/mol. The Bertz CT molecular complexity index is 1070. The van der Waals surface area contributed by atoms with E-state index < -0.39 is 5.91 Å². The quantitative estimate of drug-likeness (QED) is 0.748. The van der Waals surface area contributed by atoms with Crippen LogP contribution in [0.5, 0.6) is 0 Å². The van der Waals surface area contributed by atoms with Gasteiger partial charge < -0.3 is 19.5 Å². The number of rotatable bonds is 3. The van der Waals surface area contributed by atoms with E-state index in [1.165, 1.54) is 12.6 Å². The number of nitrogens with one attached hydrogen (secondary N) is 1. The lowest BCUT2D eigenvalue weighted by Gasteiger charge is -2.26. The van der Waals surface area contributed by atoms with Crippen LogP contribution >= 0.6 is 0 Å². The molecule has 3 aromatic rings. The third-order valence-electron chi connectivity index (χ3n) is 5.16. The van der Waals surface area contributed by atoms with Gasteiger partial charge in [0.15, 0.2) is 12.2 Å². The Morgan fingerprint density at radius 1 is 1.21 bits per heavy atom. The first kappa shape index (κ1) is 16.5. The van der Waals surface area contributed by atoms with Crippen molar-refractivity contribution in [1.82, 2.24) is 19.7 Å². The molecule has 0 spiro atoms. The first-order chi connectivity index (χ1) is 13.6. The summed E-state index contributed by atoms with van der Waals surface area (Å²) < 4.78 is 6.86. The fourth-order valence-corrected chi connectivity index (χ4v) is 3.69. The van der Waals surface area contributed by atoms with Gasteiger partial charge in [0.05, 0.1) is 12.7 Å². The van der Waals surface area contributed by atoms with Crippen LogP contribution < -0.4 is 10.2 Å². The highest BCUT2D eigenvalue weighted by atomic mass is 16.3. The Hall–Kier alpha value is -3.62. The zero-order valence-corrected chi connectivity index (χ0v) is 15.3. The molecule has 2 amide bonds. The second kappa shape index (κ2) is 6.22. The van der Waals surface area contributed by atoms with Crippen LogP contribution in [-0.2, 0) is 13.0 Å². The molecule has 28 heavy (non-hydrogen) atoms. The van der Waals surface area contributed by atoms with Crippen LogP contribution in [0.25, 0.3) is 0 Å². The van der Waals surface area contributed by atoms with E-state index in [2.05, 4.69) is 26.4 Å². The first-order valence-corrected chi connectivity index (χ1v) is 9.04. The first-order valence-electron chi connectivity index (χ1n) is 9.04. The maximum absolute atomic E-state index is 12.3. The summed E-state index contributed by atoms with van der Waals surface area (Å²) in [5.74, 6) is 1.16. The number of anilines is 3. The molecular formula is C19H18N6O3. The molecule has 0 saturated carbocycles. The zero-order valence-electron chi connectivity index (χ0n) is 15.3. The van der Waals surface area contributed by atoms with Gasteiger partial charge in [0.25, 0.3) is 11.8 Å². The van der Waals surface area contributed by atoms with Crippen molar-refractivity contribution in [1.29, 1.82) is 0 Å². The van der Waals surface area contributed by atoms with E-state index in [0.717, 1.165) is 42.1 Å². The van der Waals surface area contributed by atoms with E-state index in [1.807, 2.05) is 29.9 Å². The summed E-state index contributed by atoms with van der Waals surface area (Å²) in [7, 11) is 1.83. The molecule has 0 saturated heterocycles. The summed E-state index contributed by atoms with van der Waals surface area (Å²) in [4.78, 5) is 32.1.